The average Bonchev–Trinajstić information content (AvgIpc) is 2.62. The van der Waals surface area contributed by atoms with Crippen LogP contribution in [0, 0.1) is 0 Å². The van der Waals surface area contributed by atoms with Crippen molar-refractivity contribution in [2.75, 3.05) is 18.8 Å². The van der Waals surface area contributed by atoms with Gasteiger partial charge in [-0.25, -0.2) is 0 Å². The van der Waals surface area contributed by atoms with Gasteiger partial charge >= 0.3 is 0 Å². The number of halogens is 2. The number of rotatable bonds is 7. The first-order chi connectivity index (χ1) is 11.8. The molecule has 1 unspecified atom stereocenters. The van der Waals surface area contributed by atoms with Gasteiger partial charge in [0.15, 0.2) is 0 Å². The van der Waals surface area contributed by atoms with Crippen molar-refractivity contribution in [3.05, 3.63) is 65.2 Å². The van der Waals surface area contributed by atoms with Crippen molar-refractivity contribution in [3.8, 4) is 0 Å². The van der Waals surface area contributed by atoms with Crippen LogP contribution in [0.15, 0.2) is 48.5 Å². The molecule has 2 N–H and O–H groups in total. The molecule has 0 spiro atoms. The third-order valence-corrected chi connectivity index (χ3v) is 5.27. The molecule has 0 radical (unpaired) electrons. The van der Waals surface area contributed by atoms with Crippen LogP contribution in [0.1, 0.15) is 42.9 Å². The van der Waals surface area contributed by atoms with Gasteiger partial charge in [0.2, 0.25) is 0 Å². The number of hydrogen-bond acceptors (Lipinski definition) is 2. The number of nitrogen functional groups attached to an aromatic ring is 1. The number of anilines is 1. The zero-order valence-corrected chi connectivity index (χ0v) is 17.3. The molecule has 0 heterocycles. The van der Waals surface area contributed by atoms with Crippen molar-refractivity contribution in [2.24, 2.45) is 0 Å². The molecular weight excluding hydrogens is 363 g/mol. The Morgan fingerprint density at radius 2 is 1.77 bits per heavy atom. The summed E-state index contributed by atoms with van der Waals surface area (Å²) in [5, 5.41) is 0. The van der Waals surface area contributed by atoms with Crippen LogP contribution in [0.2, 0.25) is 0 Å². The molecule has 3 rings (SSSR count). The summed E-state index contributed by atoms with van der Waals surface area (Å²) in [6, 6.07) is 18.0. The highest BCUT2D eigenvalue weighted by Gasteiger charge is 2.24. The number of hydrogen-bond donors (Lipinski definition) is 1. The van der Waals surface area contributed by atoms with Crippen molar-refractivity contribution in [1.82, 2.24) is 4.90 Å². The van der Waals surface area contributed by atoms with Crippen molar-refractivity contribution in [1.29, 1.82) is 0 Å². The summed E-state index contributed by atoms with van der Waals surface area (Å²) in [5.41, 5.74) is 11.5. The molecule has 0 aromatic heterocycles. The molecule has 2 aromatic carbocycles. The fraction of sp³-hybridized carbons (Fsp3) is 0.455. The summed E-state index contributed by atoms with van der Waals surface area (Å²) in [6.07, 6.45) is 7.18. The molecule has 0 amide bonds. The van der Waals surface area contributed by atoms with Crippen LogP contribution in [-0.4, -0.2) is 24.0 Å². The summed E-state index contributed by atoms with van der Waals surface area (Å²) in [6.45, 7) is 4.70. The zero-order valence-electron chi connectivity index (χ0n) is 15.7. The molecule has 0 fully saturated rings. The lowest BCUT2D eigenvalue weighted by molar-refractivity contribution is 0.178. The Hall–Kier alpha value is -1.22. The van der Waals surface area contributed by atoms with Crippen molar-refractivity contribution in [2.45, 2.75) is 51.5 Å². The van der Waals surface area contributed by atoms with E-state index in [1.165, 1.54) is 55.5 Å². The third kappa shape index (κ3) is 5.90. The molecule has 0 bridgehead atoms. The van der Waals surface area contributed by atoms with Crippen LogP contribution in [0.25, 0.3) is 0 Å². The Kier molecular flexibility index (Phi) is 10.1. The Balaban J connectivity index is 0.00000169. The van der Waals surface area contributed by atoms with Gasteiger partial charge in [-0.05, 0) is 74.4 Å². The minimum Gasteiger partial charge on any atom is -0.398 e. The summed E-state index contributed by atoms with van der Waals surface area (Å²) < 4.78 is 0. The second kappa shape index (κ2) is 11.5. The molecule has 1 atom stereocenters. The number of nitrogens with two attached hydrogens (primary N) is 1. The van der Waals surface area contributed by atoms with Crippen LogP contribution in [0.4, 0.5) is 5.69 Å². The van der Waals surface area contributed by atoms with Gasteiger partial charge in [-0.15, -0.1) is 24.8 Å². The second-order valence-electron chi connectivity index (χ2n) is 7.01. The van der Waals surface area contributed by atoms with E-state index < -0.39 is 0 Å². The van der Waals surface area contributed by atoms with Gasteiger partial charge in [0.05, 0.1) is 0 Å². The minimum atomic E-state index is 0. The fourth-order valence-electron chi connectivity index (χ4n) is 4.02. The van der Waals surface area contributed by atoms with Gasteiger partial charge in [-0.2, -0.15) is 0 Å². The van der Waals surface area contributed by atoms with Crippen LogP contribution in [0.5, 0.6) is 0 Å². The van der Waals surface area contributed by atoms with Crippen LogP contribution in [0.3, 0.4) is 0 Å². The highest BCUT2D eigenvalue weighted by Crippen LogP contribution is 2.28. The van der Waals surface area contributed by atoms with E-state index in [1.54, 1.807) is 0 Å². The summed E-state index contributed by atoms with van der Waals surface area (Å²) >= 11 is 0. The monoisotopic (exact) mass is 394 g/mol. The lowest BCUT2D eigenvalue weighted by atomic mass is 9.86. The smallest absolute Gasteiger partial charge is 0.0349 e. The number of nitrogens with zero attached hydrogens (tertiary/aromatic N) is 1. The largest absolute Gasteiger partial charge is 0.398 e. The van der Waals surface area contributed by atoms with E-state index in [9.17, 15) is 0 Å². The Morgan fingerprint density at radius 3 is 2.50 bits per heavy atom. The molecule has 1 aliphatic carbocycles. The van der Waals surface area contributed by atoms with Crippen molar-refractivity contribution >= 4 is 30.5 Å². The van der Waals surface area contributed by atoms with Gasteiger partial charge in [-0.3, -0.25) is 0 Å². The van der Waals surface area contributed by atoms with Crippen LogP contribution >= 0.6 is 24.8 Å². The van der Waals surface area contributed by atoms with E-state index in [-0.39, 0.29) is 24.8 Å². The topological polar surface area (TPSA) is 29.3 Å². The van der Waals surface area contributed by atoms with Gasteiger partial charge in [-0.1, -0.05) is 49.4 Å². The first-order valence-corrected chi connectivity index (χ1v) is 9.42. The Bertz CT molecular complexity index is 646. The fourth-order valence-corrected chi connectivity index (χ4v) is 4.02. The SMILES string of the molecule is CCCN(CCCc1ccccc1)C1CCc2c(N)cccc2C1.Cl.Cl. The summed E-state index contributed by atoms with van der Waals surface area (Å²) in [4.78, 5) is 2.72. The van der Waals surface area contributed by atoms with Gasteiger partial charge < -0.3 is 10.6 Å². The molecule has 4 heteroatoms. The maximum Gasteiger partial charge on any atom is 0.0349 e. The molecule has 2 aromatic rings. The molecule has 0 saturated carbocycles. The van der Waals surface area contributed by atoms with E-state index in [1.807, 2.05) is 6.07 Å². The maximum atomic E-state index is 6.15. The number of benzene rings is 2. The Morgan fingerprint density at radius 1 is 1.00 bits per heavy atom. The number of aryl methyl sites for hydroxylation is 1. The van der Waals surface area contributed by atoms with E-state index in [0.29, 0.717) is 6.04 Å². The maximum absolute atomic E-state index is 6.15. The zero-order chi connectivity index (χ0) is 16.8. The van der Waals surface area contributed by atoms with Gasteiger partial charge in [0.1, 0.15) is 0 Å². The molecule has 144 valence electrons. The van der Waals surface area contributed by atoms with E-state index >= 15 is 0 Å². The molecule has 0 aliphatic heterocycles. The summed E-state index contributed by atoms with van der Waals surface area (Å²) in [7, 11) is 0. The Labute approximate surface area is 171 Å². The van der Waals surface area contributed by atoms with Crippen molar-refractivity contribution < 1.29 is 0 Å². The normalized spacial score (nSPS) is 15.7. The second-order valence-corrected chi connectivity index (χ2v) is 7.01. The molecule has 1 aliphatic rings. The lowest BCUT2D eigenvalue weighted by Crippen LogP contribution is -2.40. The lowest BCUT2D eigenvalue weighted by Gasteiger charge is -2.35. The molecule has 26 heavy (non-hydrogen) atoms. The van der Waals surface area contributed by atoms with E-state index in [0.717, 1.165) is 18.5 Å². The molecule has 0 saturated heterocycles. The summed E-state index contributed by atoms with van der Waals surface area (Å²) in [5.74, 6) is 0. The average molecular weight is 395 g/mol. The third-order valence-electron chi connectivity index (χ3n) is 5.27. The van der Waals surface area contributed by atoms with E-state index in [4.69, 9.17) is 5.73 Å². The van der Waals surface area contributed by atoms with Gasteiger partial charge in [0, 0.05) is 11.7 Å². The minimum absolute atomic E-state index is 0. The first kappa shape index (κ1) is 22.8. The molecule has 2 nitrogen and oxygen atoms in total. The van der Waals surface area contributed by atoms with Crippen LogP contribution < -0.4 is 5.73 Å². The standard InChI is InChI=1S/C22H30N2.2ClH/c1-2-15-24(16-7-10-18-8-4-3-5-9-18)20-13-14-21-19(17-20)11-6-12-22(21)23;;/h3-6,8-9,11-12,20H,2,7,10,13-17,23H2,1H3;2*1H. The van der Waals surface area contributed by atoms with Crippen LogP contribution in [-0.2, 0) is 19.3 Å². The number of fused-ring (bicyclic) bond motifs is 1. The van der Waals surface area contributed by atoms with Gasteiger partial charge in [0.25, 0.3) is 0 Å². The highest BCUT2D eigenvalue weighted by molar-refractivity contribution is 5.85. The van der Waals surface area contributed by atoms with E-state index in [2.05, 4.69) is 54.3 Å². The predicted octanol–water partition coefficient (Wildman–Crippen LogP) is 5.31. The van der Waals surface area contributed by atoms with Crippen molar-refractivity contribution in [3.63, 3.8) is 0 Å². The highest BCUT2D eigenvalue weighted by atomic mass is 35.5. The predicted molar refractivity (Wildman–Crippen MR) is 118 cm³/mol. The quantitative estimate of drug-likeness (QED) is 0.644. The molecular formula is C22H32Cl2N2. The first-order valence-electron chi connectivity index (χ1n) is 9.42.